The molecule has 4 rings (SSSR count). The van der Waals surface area contributed by atoms with E-state index in [0.717, 1.165) is 40.4 Å². The number of hydrogen-bond acceptors (Lipinski definition) is 5. The highest BCUT2D eigenvalue weighted by atomic mass is 32.1. The van der Waals surface area contributed by atoms with Crippen LogP contribution in [0, 0.1) is 0 Å². The Kier molecular flexibility index (Phi) is 5.56. The summed E-state index contributed by atoms with van der Waals surface area (Å²) >= 11 is 4.67. The van der Waals surface area contributed by atoms with Crippen molar-refractivity contribution in [3.63, 3.8) is 0 Å². The molecule has 0 unspecified atom stereocenters. The van der Waals surface area contributed by atoms with E-state index in [9.17, 15) is 0 Å². The molecule has 0 spiro atoms. The molecule has 2 aromatic heterocycles. The summed E-state index contributed by atoms with van der Waals surface area (Å²) in [6.45, 7) is 0.726. The second-order valence-electron chi connectivity index (χ2n) is 6.39. The van der Waals surface area contributed by atoms with Crippen LogP contribution in [0.4, 0.5) is 5.69 Å². The molecular weight excluding hydrogens is 382 g/mol. The number of nitrogens with zero attached hydrogens (tertiary/aromatic N) is 3. The third-order valence-electron chi connectivity index (χ3n) is 4.47. The van der Waals surface area contributed by atoms with E-state index in [1.54, 1.807) is 13.3 Å². The summed E-state index contributed by atoms with van der Waals surface area (Å²) in [5.41, 5.74) is 3.81. The summed E-state index contributed by atoms with van der Waals surface area (Å²) in [5, 5.41) is 2.40. The van der Waals surface area contributed by atoms with Crippen LogP contribution in [0.25, 0.3) is 22.8 Å². The lowest BCUT2D eigenvalue weighted by Crippen LogP contribution is -2.32. The molecule has 0 fully saturated rings. The van der Waals surface area contributed by atoms with E-state index in [-0.39, 0.29) is 0 Å². The van der Waals surface area contributed by atoms with Crippen LogP contribution in [0.2, 0.25) is 0 Å². The molecule has 0 amide bonds. The number of aliphatic imine (C=N–C) groups is 1. The molecule has 0 aliphatic rings. The first-order valence-corrected chi connectivity index (χ1v) is 9.42. The van der Waals surface area contributed by atoms with Gasteiger partial charge in [-0.05, 0) is 48.6 Å². The molecule has 0 saturated heterocycles. The highest BCUT2D eigenvalue weighted by molar-refractivity contribution is 7.78. The number of isothiocyanates is 1. The van der Waals surface area contributed by atoms with E-state index < -0.39 is 0 Å². The molecule has 2 aromatic carbocycles. The zero-order chi connectivity index (χ0) is 20.1. The van der Waals surface area contributed by atoms with Crippen molar-refractivity contribution in [3.8, 4) is 28.5 Å². The van der Waals surface area contributed by atoms with E-state index >= 15 is 0 Å². The van der Waals surface area contributed by atoms with Crippen LogP contribution >= 0.6 is 12.2 Å². The van der Waals surface area contributed by atoms with Crippen LogP contribution in [0.15, 0.2) is 88.7 Å². The minimum absolute atomic E-state index is 0.584. The van der Waals surface area contributed by atoms with Gasteiger partial charge in [0.1, 0.15) is 5.75 Å². The van der Waals surface area contributed by atoms with Crippen LogP contribution in [0.1, 0.15) is 5.56 Å². The topological polar surface area (TPSA) is 51.5 Å². The molecule has 2 heterocycles. The summed E-state index contributed by atoms with van der Waals surface area (Å²) in [6, 6.07) is 19.6. The molecule has 29 heavy (non-hydrogen) atoms. The monoisotopic (exact) mass is 400 g/mol. The molecule has 0 radical (unpaired) electrons. The van der Waals surface area contributed by atoms with E-state index in [1.165, 1.54) is 0 Å². The van der Waals surface area contributed by atoms with Gasteiger partial charge in [0.05, 0.1) is 24.2 Å². The molecule has 6 heteroatoms. The van der Waals surface area contributed by atoms with Gasteiger partial charge in [-0.15, -0.1) is 0 Å². The molecule has 0 atom stereocenters. The lowest BCUT2D eigenvalue weighted by atomic mass is 10.2. The maximum absolute atomic E-state index is 5.94. The number of oxazole rings is 1. The van der Waals surface area contributed by atoms with Crippen LogP contribution in [-0.4, -0.2) is 17.3 Å². The molecule has 5 nitrogen and oxygen atoms in total. The largest absolute Gasteiger partial charge is 0.497 e. The van der Waals surface area contributed by atoms with Crippen molar-refractivity contribution in [2.45, 2.75) is 6.54 Å². The number of benzene rings is 2. The minimum atomic E-state index is 0.584. The Morgan fingerprint density at radius 2 is 1.86 bits per heavy atom. The second-order valence-corrected chi connectivity index (χ2v) is 6.57. The Morgan fingerprint density at radius 1 is 1.07 bits per heavy atom. The number of methoxy groups -OCH3 is 1. The normalized spacial score (nSPS) is 10.4. The van der Waals surface area contributed by atoms with Gasteiger partial charge in [0.25, 0.3) is 0 Å². The van der Waals surface area contributed by atoms with Gasteiger partial charge in [-0.1, -0.05) is 12.1 Å². The van der Waals surface area contributed by atoms with Crippen molar-refractivity contribution in [1.82, 2.24) is 4.98 Å². The first-order valence-electron chi connectivity index (χ1n) is 9.02. The average Bonchev–Trinajstić information content (AvgIpc) is 3.25. The Bertz CT molecular complexity index is 1160. The fourth-order valence-corrected chi connectivity index (χ4v) is 3.09. The minimum Gasteiger partial charge on any atom is -0.497 e. The first-order chi connectivity index (χ1) is 14.2. The second kappa shape index (κ2) is 8.61. The van der Waals surface area contributed by atoms with Gasteiger partial charge in [-0.3, -0.25) is 0 Å². The van der Waals surface area contributed by atoms with Gasteiger partial charge in [0, 0.05) is 28.8 Å². The number of aromatic nitrogens is 2. The third-order valence-corrected chi connectivity index (χ3v) is 4.56. The predicted molar refractivity (Wildman–Crippen MR) is 114 cm³/mol. The van der Waals surface area contributed by atoms with Gasteiger partial charge < -0.3 is 9.15 Å². The van der Waals surface area contributed by atoms with Gasteiger partial charge in [0.15, 0.2) is 24.7 Å². The van der Waals surface area contributed by atoms with Crippen molar-refractivity contribution < 1.29 is 13.7 Å². The molecular formula is C23H18N3O2S+. The SMILES string of the molecule is COc1ccc(-c2cnc(-c3cc[n+](Cc4cccc(N=C=S)c4)cc3)o2)cc1. The molecule has 0 saturated carbocycles. The fraction of sp³-hybridized carbons (Fsp3) is 0.0870. The smallest absolute Gasteiger partial charge is 0.227 e. The van der Waals surface area contributed by atoms with E-state index in [0.29, 0.717) is 5.89 Å². The molecule has 0 bridgehead atoms. The Balaban J connectivity index is 1.50. The number of rotatable bonds is 6. The van der Waals surface area contributed by atoms with Crippen LogP contribution in [0.3, 0.4) is 0 Å². The van der Waals surface area contributed by atoms with Crippen LogP contribution < -0.4 is 9.30 Å². The Labute approximate surface area is 174 Å². The van der Waals surface area contributed by atoms with Crippen molar-refractivity contribution >= 4 is 23.1 Å². The average molecular weight is 400 g/mol. The summed E-state index contributed by atoms with van der Waals surface area (Å²) < 4.78 is 13.2. The standard InChI is InChI=1S/C23H18N3O2S/c1-27-21-7-5-18(6-8-21)22-14-24-23(28-22)19-9-11-26(12-10-19)15-17-3-2-4-20(13-17)25-16-29/h2-14H,15H2,1H3/q+1. The summed E-state index contributed by atoms with van der Waals surface area (Å²) in [4.78, 5) is 8.44. The van der Waals surface area contributed by atoms with Crippen molar-refractivity contribution in [1.29, 1.82) is 0 Å². The van der Waals surface area contributed by atoms with E-state index in [1.807, 2.05) is 67.0 Å². The van der Waals surface area contributed by atoms with Gasteiger partial charge in [0.2, 0.25) is 5.89 Å². The zero-order valence-electron chi connectivity index (χ0n) is 15.8. The highest BCUT2D eigenvalue weighted by Gasteiger charge is 2.11. The van der Waals surface area contributed by atoms with Crippen molar-refractivity contribution in [3.05, 3.63) is 84.8 Å². The maximum Gasteiger partial charge on any atom is 0.227 e. The molecule has 0 N–H and O–H groups in total. The number of pyridine rings is 1. The summed E-state index contributed by atoms with van der Waals surface area (Å²) in [7, 11) is 1.65. The van der Waals surface area contributed by atoms with Crippen molar-refractivity contribution in [2.24, 2.45) is 4.99 Å². The summed E-state index contributed by atoms with van der Waals surface area (Å²) in [6.07, 6.45) is 5.74. The van der Waals surface area contributed by atoms with Gasteiger partial charge in [-0.2, -0.15) is 4.99 Å². The predicted octanol–water partition coefficient (Wildman–Crippen LogP) is 5.09. The third kappa shape index (κ3) is 4.46. The van der Waals surface area contributed by atoms with Crippen molar-refractivity contribution in [2.75, 3.05) is 7.11 Å². The number of ether oxygens (including phenoxy) is 1. The molecule has 0 aliphatic heterocycles. The van der Waals surface area contributed by atoms with Gasteiger partial charge >= 0.3 is 0 Å². The zero-order valence-corrected chi connectivity index (χ0v) is 16.6. The highest BCUT2D eigenvalue weighted by Crippen LogP contribution is 2.27. The Morgan fingerprint density at radius 3 is 2.59 bits per heavy atom. The molecule has 4 aromatic rings. The van der Waals surface area contributed by atoms with Crippen LogP contribution in [0.5, 0.6) is 5.75 Å². The lowest BCUT2D eigenvalue weighted by molar-refractivity contribution is -0.688. The number of hydrogen-bond donors (Lipinski definition) is 0. The molecule has 0 aliphatic carbocycles. The van der Waals surface area contributed by atoms with E-state index in [4.69, 9.17) is 9.15 Å². The lowest BCUT2D eigenvalue weighted by Gasteiger charge is -2.01. The van der Waals surface area contributed by atoms with Gasteiger partial charge in [-0.25, -0.2) is 9.55 Å². The fourth-order valence-electron chi connectivity index (χ4n) is 2.99. The molecule has 142 valence electrons. The number of thiocarbonyl (C=S) groups is 1. The summed E-state index contributed by atoms with van der Waals surface area (Å²) in [5.74, 6) is 2.11. The quantitative estimate of drug-likeness (QED) is 0.257. The van der Waals surface area contributed by atoms with E-state index in [2.05, 4.69) is 38.0 Å². The van der Waals surface area contributed by atoms with Crippen LogP contribution in [-0.2, 0) is 6.54 Å². The Hall–Kier alpha value is -3.60. The maximum atomic E-state index is 5.94. The first kappa shape index (κ1) is 18.7.